The molecule has 72 valence electrons. The van der Waals surface area contributed by atoms with E-state index in [4.69, 9.17) is 11.5 Å². The Morgan fingerprint density at radius 2 is 1.42 bits per heavy atom. The van der Waals surface area contributed by atoms with E-state index in [-0.39, 0.29) is 0 Å². The van der Waals surface area contributed by atoms with Crippen molar-refractivity contribution in [3.8, 4) is 0 Å². The molecule has 0 spiro atoms. The molecule has 1 fully saturated rings. The topological polar surface area (TPSA) is 52.0 Å². The second-order valence-corrected chi connectivity index (χ2v) is 4.05. The van der Waals surface area contributed by atoms with Crippen LogP contribution in [-0.2, 0) is 0 Å². The first-order chi connectivity index (χ1) is 5.86. The minimum absolute atomic E-state index is 0.861. The van der Waals surface area contributed by atoms with E-state index in [1.807, 2.05) is 0 Å². The van der Waals surface area contributed by atoms with Crippen LogP contribution in [0.25, 0.3) is 0 Å². The average Bonchev–Trinajstić information content (AvgIpc) is 2.06. The molecule has 0 bridgehead atoms. The summed E-state index contributed by atoms with van der Waals surface area (Å²) in [6.45, 7) is 1.72. The first-order valence-corrected chi connectivity index (χ1v) is 5.27. The van der Waals surface area contributed by atoms with Gasteiger partial charge in [0.25, 0.3) is 0 Å². The summed E-state index contributed by atoms with van der Waals surface area (Å²) in [7, 11) is 0. The van der Waals surface area contributed by atoms with Gasteiger partial charge in [0.05, 0.1) is 0 Å². The van der Waals surface area contributed by atoms with Gasteiger partial charge in [-0.3, -0.25) is 0 Å². The van der Waals surface area contributed by atoms with E-state index in [1.165, 1.54) is 38.5 Å². The van der Waals surface area contributed by atoms with E-state index in [9.17, 15) is 0 Å². The number of hydrogen-bond acceptors (Lipinski definition) is 2. The molecule has 1 aliphatic rings. The van der Waals surface area contributed by atoms with Crippen molar-refractivity contribution in [2.75, 3.05) is 13.1 Å². The highest BCUT2D eigenvalue weighted by Gasteiger charge is 2.20. The monoisotopic (exact) mass is 170 g/mol. The molecule has 0 heterocycles. The number of rotatable bonds is 4. The van der Waals surface area contributed by atoms with Crippen molar-refractivity contribution < 1.29 is 0 Å². The minimum atomic E-state index is 0.861. The Bertz CT molecular complexity index is 98.4. The van der Waals surface area contributed by atoms with Crippen LogP contribution in [0.15, 0.2) is 0 Å². The molecule has 1 rings (SSSR count). The third-order valence-corrected chi connectivity index (χ3v) is 3.04. The number of nitrogens with two attached hydrogens (primary N) is 2. The molecular weight excluding hydrogens is 148 g/mol. The smallest absolute Gasteiger partial charge is 0.00746 e. The molecule has 2 atom stereocenters. The van der Waals surface area contributed by atoms with Crippen molar-refractivity contribution in [3.63, 3.8) is 0 Å². The fraction of sp³-hybridized carbons (Fsp3) is 1.00. The van der Waals surface area contributed by atoms with Crippen LogP contribution in [0.5, 0.6) is 0 Å². The average molecular weight is 170 g/mol. The SMILES string of the molecule is NCC[C@H]1CCC[C@H](CCN)C1. The molecule has 1 saturated carbocycles. The van der Waals surface area contributed by atoms with Crippen LogP contribution < -0.4 is 11.5 Å². The van der Waals surface area contributed by atoms with E-state index in [2.05, 4.69) is 0 Å². The fourth-order valence-electron chi connectivity index (χ4n) is 2.40. The first-order valence-electron chi connectivity index (χ1n) is 5.27. The standard InChI is InChI=1S/C10H22N2/c11-6-4-9-2-1-3-10(8-9)5-7-12/h9-10H,1-8,11-12H2/t9-,10-/m1/s1. The second-order valence-electron chi connectivity index (χ2n) is 4.05. The lowest BCUT2D eigenvalue weighted by atomic mass is 9.78. The third-order valence-electron chi connectivity index (χ3n) is 3.04. The van der Waals surface area contributed by atoms with Gasteiger partial charge >= 0.3 is 0 Å². The van der Waals surface area contributed by atoms with Crippen molar-refractivity contribution in [3.05, 3.63) is 0 Å². The predicted octanol–water partition coefficient (Wildman–Crippen LogP) is 1.49. The summed E-state index contributed by atoms with van der Waals surface area (Å²) in [6.07, 6.45) is 8.03. The lowest BCUT2D eigenvalue weighted by molar-refractivity contribution is 0.249. The zero-order valence-corrected chi connectivity index (χ0v) is 7.97. The Balaban J connectivity index is 2.20. The Morgan fingerprint density at radius 1 is 0.917 bits per heavy atom. The Kier molecular flexibility index (Phi) is 4.62. The zero-order valence-electron chi connectivity index (χ0n) is 7.97. The van der Waals surface area contributed by atoms with Crippen molar-refractivity contribution in [1.82, 2.24) is 0 Å². The van der Waals surface area contributed by atoms with Crippen molar-refractivity contribution in [2.45, 2.75) is 38.5 Å². The summed E-state index contributed by atoms with van der Waals surface area (Å²) in [6, 6.07) is 0. The van der Waals surface area contributed by atoms with Gasteiger partial charge < -0.3 is 11.5 Å². The summed E-state index contributed by atoms with van der Waals surface area (Å²) >= 11 is 0. The van der Waals surface area contributed by atoms with Crippen LogP contribution in [0.4, 0.5) is 0 Å². The van der Waals surface area contributed by atoms with Crippen molar-refractivity contribution in [1.29, 1.82) is 0 Å². The third kappa shape index (κ3) is 3.11. The van der Waals surface area contributed by atoms with E-state index in [0.717, 1.165) is 24.9 Å². The summed E-state index contributed by atoms with van der Waals surface area (Å²) in [5, 5.41) is 0. The quantitative estimate of drug-likeness (QED) is 0.671. The summed E-state index contributed by atoms with van der Waals surface area (Å²) in [5.41, 5.74) is 11.1. The number of hydrogen-bond donors (Lipinski definition) is 2. The van der Waals surface area contributed by atoms with Crippen LogP contribution in [0.3, 0.4) is 0 Å². The lowest BCUT2D eigenvalue weighted by Gasteiger charge is -2.28. The molecule has 0 aliphatic heterocycles. The van der Waals surface area contributed by atoms with Gasteiger partial charge in [0.2, 0.25) is 0 Å². The van der Waals surface area contributed by atoms with E-state index < -0.39 is 0 Å². The van der Waals surface area contributed by atoms with Crippen LogP contribution in [0, 0.1) is 11.8 Å². The van der Waals surface area contributed by atoms with Gasteiger partial charge in [-0.25, -0.2) is 0 Å². The van der Waals surface area contributed by atoms with Gasteiger partial charge in [0.1, 0.15) is 0 Å². The molecule has 2 heteroatoms. The second kappa shape index (κ2) is 5.55. The Morgan fingerprint density at radius 3 is 1.83 bits per heavy atom. The predicted molar refractivity (Wildman–Crippen MR) is 52.8 cm³/mol. The van der Waals surface area contributed by atoms with Crippen LogP contribution >= 0.6 is 0 Å². The van der Waals surface area contributed by atoms with Crippen molar-refractivity contribution >= 4 is 0 Å². The van der Waals surface area contributed by atoms with Gasteiger partial charge in [0, 0.05) is 0 Å². The summed E-state index contributed by atoms with van der Waals surface area (Å²) in [4.78, 5) is 0. The molecule has 0 aromatic heterocycles. The molecule has 0 saturated heterocycles. The maximum atomic E-state index is 5.55. The molecular formula is C10H22N2. The van der Waals surface area contributed by atoms with E-state index in [1.54, 1.807) is 0 Å². The molecule has 1 aliphatic carbocycles. The van der Waals surface area contributed by atoms with Gasteiger partial charge in [-0.15, -0.1) is 0 Å². The fourth-order valence-corrected chi connectivity index (χ4v) is 2.40. The zero-order chi connectivity index (χ0) is 8.81. The van der Waals surface area contributed by atoms with Gasteiger partial charge in [-0.05, 0) is 44.2 Å². The Hall–Kier alpha value is -0.0800. The summed E-state index contributed by atoms with van der Waals surface area (Å²) < 4.78 is 0. The highest BCUT2D eigenvalue weighted by atomic mass is 14.5. The van der Waals surface area contributed by atoms with E-state index >= 15 is 0 Å². The molecule has 0 aromatic rings. The van der Waals surface area contributed by atoms with Crippen LogP contribution in [0.1, 0.15) is 38.5 Å². The summed E-state index contributed by atoms with van der Waals surface area (Å²) in [5.74, 6) is 1.81. The van der Waals surface area contributed by atoms with Crippen LogP contribution in [0.2, 0.25) is 0 Å². The largest absolute Gasteiger partial charge is 0.330 e. The molecule has 12 heavy (non-hydrogen) atoms. The Labute approximate surface area is 75.7 Å². The molecule has 0 radical (unpaired) electrons. The maximum Gasteiger partial charge on any atom is -0.00746 e. The molecule has 0 unspecified atom stereocenters. The molecule has 0 aromatic carbocycles. The van der Waals surface area contributed by atoms with Crippen LogP contribution in [-0.4, -0.2) is 13.1 Å². The van der Waals surface area contributed by atoms with E-state index in [0.29, 0.717) is 0 Å². The minimum Gasteiger partial charge on any atom is -0.330 e. The molecule has 0 amide bonds. The first kappa shape index (κ1) is 10.0. The normalized spacial score (nSPS) is 30.5. The highest BCUT2D eigenvalue weighted by Crippen LogP contribution is 2.32. The highest BCUT2D eigenvalue weighted by molar-refractivity contribution is 4.73. The molecule has 2 nitrogen and oxygen atoms in total. The maximum absolute atomic E-state index is 5.55. The van der Waals surface area contributed by atoms with Gasteiger partial charge in [0.15, 0.2) is 0 Å². The lowest BCUT2D eigenvalue weighted by Crippen LogP contribution is -2.20. The van der Waals surface area contributed by atoms with Gasteiger partial charge in [-0.2, -0.15) is 0 Å². The molecule has 4 N–H and O–H groups in total. The van der Waals surface area contributed by atoms with Gasteiger partial charge in [-0.1, -0.05) is 19.3 Å². The van der Waals surface area contributed by atoms with Crippen molar-refractivity contribution in [2.24, 2.45) is 23.3 Å².